The highest BCUT2D eigenvalue weighted by molar-refractivity contribution is 6.32. The number of ether oxygens (including phenoxy) is 1. The molecule has 4 rings (SSSR count). The third kappa shape index (κ3) is 4.68. The summed E-state index contributed by atoms with van der Waals surface area (Å²) in [4.78, 5) is 15.1. The van der Waals surface area contributed by atoms with Crippen molar-refractivity contribution in [1.29, 1.82) is 0 Å². The quantitative estimate of drug-likeness (QED) is 0.494. The fourth-order valence-corrected chi connectivity index (χ4v) is 4.14. The van der Waals surface area contributed by atoms with Crippen LogP contribution in [0.1, 0.15) is 35.9 Å². The van der Waals surface area contributed by atoms with Crippen LogP contribution in [0, 0.1) is 0 Å². The van der Waals surface area contributed by atoms with E-state index in [9.17, 15) is 15.0 Å². The number of aromatic hydroxyl groups is 2. The van der Waals surface area contributed by atoms with Crippen LogP contribution in [0.2, 0.25) is 5.02 Å². The van der Waals surface area contributed by atoms with Crippen LogP contribution in [0.15, 0.2) is 40.9 Å². The number of hydrogen-bond donors (Lipinski definition) is 3. The van der Waals surface area contributed by atoms with Gasteiger partial charge in [-0.05, 0) is 31.0 Å². The highest BCUT2D eigenvalue weighted by Crippen LogP contribution is 2.43. The number of hydrogen-bond acceptors (Lipinski definition) is 7. The van der Waals surface area contributed by atoms with Gasteiger partial charge in [-0.1, -0.05) is 41.0 Å². The Kier molecular flexibility index (Phi) is 6.88. The standard InChI is InChI=1S/C24H26ClN3O5/c1-3-26-24(31)22-21(23(33-27-22)17-12-18(25)20(30)13-19(17)29)16-6-4-15(5-7-16)14(2)28-8-10-32-11-9-28/h4-7,12-14,29-30H,3,8-11H2,1-2H3,(H,26,31). The fraction of sp³-hybridized carbons (Fsp3) is 0.333. The minimum atomic E-state index is -0.391. The zero-order chi connectivity index (χ0) is 23.5. The second kappa shape index (κ2) is 9.82. The van der Waals surface area contributed by atoms with Crippen molar-refractivity contribution in [1.82, 2.24) is 15.4 Å². The number of rotatable bonds is 6. The SMILES string of the molecule is CCNC(=O)c1noc(-c2cc(Cl)c(O)cc2O)c1-c1ccc(C(C)N2CCOCC2)cc1. The van der Waals surface area contributed by atoms with Gasteiger partial charge in [-0.15, -0.1) is 0 Å². The van der Waals surface area contributed by atoms with Crippen LogP contribution < -0.4 is 5.32 Å². The van der Waals surface area contributed by atoms with Crippen molar-refractivity contribution in [2.75, 3.05) is 32.8 Å². The fourth-order valence-electron chi connectivity index (χ4n) is 3.98. The first kappa shape index (κ1) is 23.1. The molecular formula is C24H26ClN3O5. The van der Waals surface area contributed by atoms with Crippen LogP contribution in [0.5, 0.6) is 11.5 Å². The third-order valence-corrected chi connectivity index (χ3v) is 6.13. The van der Waals surface area contributed by atoms with Gasteiger partial charge in [0.1, 0.15) is 11.5 Å². The van der Waals surface area contributed by atoms with Crippen LogP contribution in [0.25, 0.3) is 22.5 Å². The molecule has 1 aliphatic rings. The number of carbonyl (C=O) groups is 1. The van der Waals surface area contributed by atoms with E-state index in [1.165, 1.54) is 6.07 Å². The normalized spacial score (nSPS) is 15.4. The molecule has 1 aliphatic heterocycles. The molecule has 0 spiro atoms. The molecule has 2 aromatic carbocycles. The van der Waals surface area contributed by atoms with Gasteiger partial charge >= 0.3 is 0 Å². The Morgan fingerprint density at radius 2 is 1.88 bits per heavy atom. The molecule has 1 amide bonds. The molecule has 3 N–H and O–H groups in total. The van der Waals surface area contributed by atoms with Crippen LogP contribution in [-0.4, -0.2) is 59.0 Å². The summed E-state index contributed by atoms with van der Waals surface area (Å²) >= 11 is 6.07. The molecule has 9 heteroatoms. The number of amides is 1. The summed E-state index contributed by atoms with van der Waals surface area (Å²) in [6.45, 7) is 7.59. The predicted molar refractivity (Wildman–Crippen MR) is 125 cm³/mol. The molecular weight excluding hydrogens is 446 g/mol. The van der Waals surface area contributed by atoms with Crippen LogP contribution in [-0.2, 0) is 4.74 Å². The van der Waals surface area contributed by atoms with Gasteiger partial charge in [0.25, 0.3) is 5.91 Å². The molecule has 2 heterocycles. The molecule has 0 bridgehead atoms. The molecule has 1 fully saturated rings. The van der Waals surface area contributed by atoms with E-state index >= 15 is 0 Å². The van der Waals surface area contributed by atoms with E-state index in [1.54, 1.807) is 0 Å². The van der Waals surface area contributed by atoms with Crippen molar-refractivity contribution in [3.05, 3.63) is 52.7 Å². The first-order valence-electron chi connectivity index (χ1n) is 10.8. The van der Waals surface area contributed by atoms with Crippen molar-refractivity contribution >= 4 is 17.5 Å². The van der Waals surface area contributed by atoms with E-state index in [1.807, 2.05) is 31.2 Å². The number of benzene rings is 2. The van der Waals surface area contributed by atoms with Crippen molar-refractivity contribution in [3.8, 4) is 33.9 Å². The predicted octanol–water partition coefficient (Wildman–Crippen LogP) is 4.22. The van der Waals surface area contributed by atoms with Gasteiger partial charge < -0.3 is 24.8 Å². The Labute approximate surface area is 196 Å². The number of nitrogens with zero attached hydrogens (tertiary/aromatic N) is 2. The lowest BCUT2D eigenvalue weighted by atomic mass is 9.96. The molecule has 33 heavy (non-hydrogen) atoms. The summed E-state index contributed by atoms with van der Waals surface area (Å²) in [6.07, 6.45) is 0. The maximum atomic E-state index is 12.7. The molecule has 1 aromatic heterocycles. The largest absolute Gasteiger partial charge is 0.507 e. The summed E-state index contributed by atoms with van der Waals surface area (Å²) in [7, 11) is 0. The first-order valence-corrected chi connectivity index (χ1v) is 11.2. The van der Waals surface area contributed by atoms with E-state index in [0.29, 0.717) is 17.7 Å². The molecule has 174 valence electrons. The number of nitrogens with one attached hydrogen (secondary N) is 1. The minimum absolute atomic E-state index is 0.0411. The van der Waals surface area contributed by atoms with Crippen LogP contribution >= 0.6 is 11.6 Å². The van der Waals surface area contributed by atoms with Gasteiger partial charge in [0.05, 0.1) is 29.4 Å². The van der Waals surface area contributed by atoms with Gasteiger partial charge in [0.15, 0.2) is 11.5 Å². The molecule has 0 aliphatic carbocycles. The lowest BCUT2D eigenvalue weighted by Gasteiger charge is -2.32. The van der Waals surface area contributed by atoms with E-state index in [2.05, 4.69) is 22.3 Å². The number of phenols is 2. The summed E-state index contributed by atoms with van der Waals surface area (Å²) in [5.74, 6) is -0.707. The van der Waals surface area contributed by atoms with E-state index in [-0.39, 0.29) is 39.6 Å². The number of aromatic nitrogens is 1. The highest BCUT2D eigenvalue weighted by atomic mass is 35.5. The van der Waals surface area contributed by atoms with Gasteiger partial charge in [-0.25, -0.2) is 0 Å². The molecule has 1 unspecified atom stereocenters. The summed E-state index contributed by atoms with van der Waals surface area (Å²) in [6, 6.07) is 10.6. The Morgan fingerprint density at radius 1 is 1.18 bits per heavy atom. The lowest BCUT2D eigenvalue weighted by molar-refractivity contribution is 0.0198. The average molecular weight is 472 g/mol. The zero-order valence-corrected chi connectivity index (χ0v) is 19.2. The van der Waals surface area contributed by atoms with Crippen molar-refractivity contribution in [3.63, 3.8) is 0 Å². The highest BCUT2D eigenvalue weighted by Gasteiger charge is 2.27. The zero-order valence-electron chi connectivity index (χ0n) is 18.5. The lowest BCUT2D eigenvalue weighted by Crippen LogP contribution is -2.37. The molecule has 0 radical (unpaired) electrons. The van der Waals surface area contributed by atoms with Gasteiger partial charge in [-0.3, -0.25) is 9.69 Å². The van der Waals surface area contributed by atoms with Crippen LogP contribution in [0.3, 0.4) is 0 Å². The second-order valence-electron chi connectivity index (χ2n) is 7.86. The molecule has 1 saturated heterocycles. The van der Waals surface area contributed by atoms with Gasteiger partial charge in [-0.2, -0.15) is 0 Å². The van der Waals surface area contributed by atoms with Gasteiger partial charge in [0, 0.05) is 31.7 Å². The third-order valence-electron chi connectivity index (χ3n) is 5.83. The van der Waals surface area contributed by atoms with Gasteiger partial charge in [0.2, 0.25) is 0 Å². The van der Waals surface area contributed by atoms with Crippen molar-refractivity contribution in [2.24, 2.45) is 0 Å². The van der Waals surface area contributed by atoms with Crippen molar-refractivity contribution in [2.45, 2.75) is 19.9 Å². The maximum Gasteiger partial charge on any atom is 0.274 e. The molecule has 0 saturated carbocycles. The summed E-state index contributed by atoms with van der Waals surface area (Å²) < 4.78 is 11.0. The molecule has 8 nitrogen and oxygen atoms in total. The Bertz CT molecular complexity index is 1140. The Balaban J connectivity index is 1.76. The summed E-state index contributed by atoms with van der Waals surface area (Å²) in [5, 5.41) is 27.0. The number of halogens is 1. The van der Waals surface area contributed by atoms with E-state index in [4.69, 9.17) is 20.9 Å². The maximum absolute atomic E-state index is 12.7. The van der Waals surface area contributed by atoms with Crippen molar-refractivity contribution < 1.29 is 24.3 Å². The smallest absolute Gasteiger partial charge is 0.274 e. The monoisotopic (exact) mass is 471 g/mol. The number of phenolic OH excluding ortho intramolecular Hbond substituents is 2. The number of morpholine rings is 1. The Hall–Kier alpha value is -3.07. The summed E-state index contributed by atoms with van der Waals surface area (Å²) in [5.41, 5.74) is 2.59. The molecule has 1 atom stereocenters. The molecule has 3 aromatic rings. The first-order chi connectivity index (χ1) is 15.9. The van der Waals surface area contributed by atoms with E-state index < -0.39 is 5.91 Å². The topological polar surface area (TPSA) is 108 Å². The second-order valence-corrected chi connectivity index (χ2v) is 8.27. The minimum Gasteiger partial charge on any atom is -0.507 e. The average Bonchev–Trinajstić information content (AvgIpc) is 3.27. The number of carbonyl (C=O) groups excluding carboxylic acids is 1. The van der Waals surface area contributed by atoms with E-state index in [0.717, 1.165) is 37.9 Å². The Morgan fingerprint density at radius 3 is 2.55 bits per heavy atom. The van der Waals surface area contributed by atoms with Crippen LogP contribution in [0.4, 0.5) is 0 Å².